The SMILES string of the molecule is COc1cccc2c1OCC(C(=O)NC(C)(C)CN1CCCC(C)C1)C2. The van der Waals surface area contributed by atoms with Crippen molar-refractivity contribution in [2.24, 2.45) is 11.8 Å². The van der Waals surface area contributed by atoms with Gasteiger partial charge in [-0.1, -0.05) is 19.1 Å². The van der Waals surface area contributed by atoms with Gasteiger partial charge in [0, 0.05) is 18.6 Å². The van der Waals surface area contributed by atoms with Crippen LogP contribution >= 0.6 is 0 Å². The Morgan fingerprint density at radius 2 is 2.23 bits per heavy atom. The Morgan fingerprint density at radius 3 is 2.96 bits per heavy atom. The van der Waals surface area contributed by atoms with E-state index in [2.05, 4.69) is 31.0 Å². The quantitative estimate of drug-likeness (QED) is 0.877. The van der Waals surface area contributed by atoms with Crippen LogP contribution in [0.1, 0.15) is 39.2 Å². The van der Waals surface area contributed by atoms with Gasteiger partial charge in [-0.15, -0.1) is 0 Å². The van der Waals surface area contributed by atoms with Gasteiger partial charge in [0.15, 0.2) is 11.5 Å². The number of hydrogen-bond acceptors (Lipinski definition) is 4. The third-order valence-electron chi connectivity index (χ3n) is 5.37. The van der Waals surface area contributed by atoms with Gasteiger partial charge in [0.1, 0.15) is 6.61 Å². The number of piperidine rings is 1. The lowest BCUT2D eigenvalue weighted by molar-refractivity contribution is -0.128. The van der Waals surface area contributed by atoms with Crippen molar-refractivity contribution in [2.75, 3.05) is 33.4 Å². The largest absolute Gasteiger partial charge is 0.493 e. The van der Waals surface area contributed by atoms with Crippen LogP contribution in [0.2, 0.25) is 0 Å². The minimum Gasteiger partial charge on any atom is -0.493 e. The Kier molecular flexibility index (Phi) is 5.76. The maximum atomic E-state index is 12.8. The van der Waals surface area contributed by atoms with Crippen molar-refractivity contribution in [2.45, 2.75) is 45.6 Å². The number of nitrogens with zero attached hydrogens (tertiary/aromatic N) is 1. The molecule has 1 amide bonds. The number of benzene rings is 1. The molecule has 0 spiro atoms. The van der Waals surface area contributed by atoms with Crippen LogP contribution < -0.4 is 14.8 Å². The van der Waals surface area contributed by atoms with Crippen molar-refractivity contribution in [3.63, 3.8) is 0 Å². The first-order chi connectivity index (χ1) is 12.4. The molecule has 26 heavy (non-hydrogen) atoms. The van der Waals surface area contributed by atoms with Gasteiger partial charge in [0.25, 0.3) is 0 Å². The molecule has 0 aliphatic carbocycles. The molecule has 0 bridgehead atoms. The number of hydrogen-bond donors (Lipinski definition) is 1. The third-order valence-corrected chi connectivity index (χ3v) is 5.37. The van der Waals surface area contributed by atoms with Gasteiger partial charge in [-0.2, -0.15) is 0 Å². The van der Waals surface area contributed by atoms with Crippen LogP contribution in [0.25, 0.3) is 0 Å². The highest BCUT2D eigenvalue weighted by molar-refractivity contribution is 5.80. The molecule has 0 radical (unpaired) electrons. The Bertz CT molecular complexity index is 644. The number of fused-ring (bicyclic) bond motifs is 1. The minimum atomic E-state index is -0.247. The van der Waals surface area contributed by atoms with Gasteiger partial charge in [-0.05, 0) is 57.2 Å². The summed E-state index contributed by atoms with van der Waals surface area (Å²) in [6.07, 6.45) is 3.25. The van der Waals surface area contributed by atoms with Crippen LogP contribution in [0.4, 0.5) is 0 Å². The third kappa shape index (κ3) is 4.50. The van der Waals surface area contributed by atoms with Crippen molar-refractivity contribution in [1.29, 1.82) is 0 Å². The highest BCUT2D eigenvalue weighted by Crippen LogP contribution is 2.36. The molecule has 2 atom stereocenters. The first-order valence-corrected chi connectivity index (χ1v) is 9.71. The topological polar surface area (TPSA) is 50.8 Å². The van der Waals surface area contributed by atoms with Crippen molar-refractivity contribution in [3.8, 4) is 11.5 Å². The molecule has 1 aromatic carbocycles. The Morgan fingerprint density at radius 1 is 1.42 bits per heavy atom. The van der Waals surface area contributed by atoms with Gasteiger partial charge in [0.2, 0.25) is 5.91 Å². The summed E-state index contributed by atoms with van der Waals surface area (Å²) in [5, 5.41) is 3.26. The first kappa shape index (κ1) is 19.0. The zero-order valence-corrected chi connectivity index (χ0v) is 16.5. The summed E-state index contributed by atoms with van der Waals surface area (Å²) in [5.74, 6) is 2.18. The van der Waals surface area contributed by atoms with E-state index in [-0.39, 0.29) is 17.4 Å². The minimum absolute atomic E-state index is 0.0773. The summed E-state index contributed by atoms with van der Waals surface area (Å²) < 4.78 is 11.2. The predicted molar refractivity (Wildman–Crippen MR) is 103 cm³/mol. The highest BCUT2D eigenvalue weighted by Gasteiger charge is 2.32. The van der Waals surface area contributed by atoms with E-state index in [9.17, 15) is 4.79 Å². The van der Waals surface area contributed by atoms with E-state index in [4.69, 9.17) is 9.47 Å². The normalized spacial score (nSPS) is 23.7. The Labute approximate surface area is 157 Å². The average Bonchev–Trinajstić information content (AvgIpc) is 2.59. The highest BCUT2D eigenvalue weighted by atomic mass is 16.5. The number of methoxy groups -OCH3 is 1. The van der Waals surface area contributed by atoms with Crippen molar-refractivity contribution >= 4 is 5.91 Å². The zero-order chi connectivity index (χ0) is 18.7. The second-order valence-electron chi connectivity index (χ2n) is 8.52. The summed E-state index contributed by atoms with van der Waals surface area (Å²) in [7, 11) is 1.64. The number of carbonyl (C=O) groups excluding carboxylic acids is 1. The molecule has 2 heterocycles. The maximum Gasteiger partial charge on any atom is 0.227 e. The second kappa shape index (κ2) is 7.87. The fraction of sp³-hybridized carbons (Fsp3) is 0.667. The standard InChI is InChI=1S/C21H32N2O3/c1-15-7-6-10-23(12-15)14-21(2,3)22-20(24)17-11-16-8-5-9-18(25-4)19(16)26-13-17/h5,8-9,15,17H,6-7,10-14H2,1-4H3,(H,22,24). The monoisotopic (exact) mass is 360 g/mol. The summed E-state index contributed by atoms with van der Waals surface area (Å²) in [4.78, 5) is 15.3. The molecule has 1 fully saturated rings. The molecular weight excluding hydrogens is 328 g/mol. The molecular formula is C21H32N2O3. The number of para-hydroxylation sites is 1. The van der Waals surface area contributed by atoms with Crippen LogP contribution in [0, 0.1) is 11.8 Å². The molecule has 1 saturated heterocycles. The molecule has 5 heteroatoms. The van der Waals surface area contributed by atoms with Crippen molar-refractivity contribution in [3.05, 3.63) is 23.8 Å². The average molecular weight is 360 g/mol. The van der Waals surface area contributed by atoms with Crippen LogP contribution in [0.5, 0.6) is 11.5 Å². The molecule has 144 valence electrons. The fourth-order valence-electron chi connectivity index (χ4n) is 4.19. The van der Waals surface area contributed by atoms with E-state index in [1.54, 1.807) is 7.11 Å². The molecule has 0 saturated carbocycles. The summed E-state index contributed by atoms with van der Waals surface area (Å²) in [6, 6.07) is 5.85. The van der Waals surface area contributed by atoms with E-state index in [0.717, 1.165) is 42.6 Å². The number of nitrogens with one attached hydrogen (secondary N) is 1. The van der Waals surface area contributed by atoms with Crippen LogP contribution in [0.3, 0.4) is 0 Å². The number of rotatable bonds is 5. The molecule has 1 aromatic rings. The Balaban J connectivity index is 1.59. The lowest BCUT2D eigenvalue weighted by Gasteiger charge is -2.38. The van der Waals surface area contributed by atoms with Gasteiger partial charge in [-0.3, -0.25) is 4.79 Å². The molecule has 0 aromatic heterocycles. The first-order valence-electron chi connectivity index (χ1n) is 9.71. The van der Waals surface area contributed by atoms with Gasteiger partial charge in [-0.25, -0.2) is 0 Å². The predicted octanol–water partition coefficient (Wildman–Crippen LogP) is 2.87. The molecule has 2 aliphatic heterocycles. The van der Waals surface area contributed by atoms with E-state index < -0.39 is 0 Å². The number of carbonyl (C=O) groups is 1. The van der Waals surface area contributed by atoms with E-state index in [0.29, 0.717) is 13.0 Å². The van der Waals surface area contributed by atoms with Crippen LogP contribution in [0.15, 0.2) is 18.2 Å². The summed E-state index contributed by atoms with van der Waals surface area (Å²) in [5.41, 5.74) is 0.793. The molecule has 2 unspecified atom stereocenters. The van der Waals surface area contributed by atoms with Gasteiger partial charge in [0.05, 0.1) is 13.0 Å². The molecule has 2 aliphatic rings. The van der Waals surface area contributed by atoms with E-state index >= 15 is 0 Å². The number of ether oxygens (including phenoxy) is 2. The molecule has 1 N–H and O–H groups in total. The second-order valence-corrected chi connectivity index (χ2v) is 8.52. The Hall–Kier alpha value is -1.75. The van der Waals surface area contributed by atoms with Crippen LogP contribution in [-0.4, -0.2) is 49.7 Å². The van der Waals surface area contributed by atoms with E-state index in [1.807, 2.05) is 18.2 Å². The number of likely N-dealkylation sites (tertiary alicyclic amines) is 1. The van der Waals surface area contributed by atoms with Crippen molar-refractivity contribution in [1.82, 2.24) is 10.2 Å². The lowest BCUT2D eigenvalue weighted by atomic mass is 9.93. The van der Waals surface area contributed by atoms with E-state index in [1.165, 1.54) is 12.8 Å². The van der Waals surface area contributed by atoms with Crippen molar-refractivity contribution < 1.29 is 14.3 Å². The zero-order valence-electron chi connectivity index (χ0n) is 16.5. The summed E-state index contributed by atoms with van der Waals surface area (Å²) >= 11 is 0. The molecule has 5 nitrogen and oxygen atoms in total. The number of amides is 1. The fourth-order valence-corrected chi connectivity index (χ4v) is 4.19. The van der Waals surface area contributed by atoms with Gasteiger partial charge < -0.3 is 19.7 Å². The van der Waals surface area contributed by atoms with Gasteiger partial charge >= 0.3 is 0 Å². The lowest BCUT2D eigenvalue weighted by Crippen LogP contribution is -2.55. The summed E-state index contributed by atoms with van der Waals surface area (Å²) in [6.45, 7) is 10.1. The van der Waals surface area contributed by atoms with Crippen LogP contribution in [-0.2, 0) is 11.2 Å². The maximum absolute atomic E-state index is 12.8. The smallest absolute Gasteiger partial charge is 0.227 e. The molecule has 3 rings (SSSR count).